The van der Waals surface area contributed by atoms with Crippen LogP contribution < -0.4 is 5.32 Å². The van der Waals surface area contributed by atoms with Crippen LogP contribution in [0, 0.1) is 0 Å². The first-order valence-electron chi connectivity index (χ1n) is 4.83. The van der Waals surface area contributed by atoms with Gasteiger partial charge in [0, 0.05) is 23.0 Å². The number of halogens is 3. The van der Waals surface area contributed by atoms with Gasteiger partial charge in [0.05, 0.1) is 10.7 Å². The van der Waals surface area contributed by atoms with Crippen LogP contribution in [-0.4, -0.2) is 10.9 Å². The van der Waals surface area contributed by atoms with Gasteiger partial charge < -0.3 is 5.32 Å². The third-order valence-electron chi connectivity index (χ3n) is 2.12. The van der Waals surface area contributed by atoms with Gasteiger partial charge in [0.1, 0.15) is 0 Å². The number of pyridine rings is 1. The van der Waals surface area contributed by atoms with Crippen molar-refractivity contribution >= 4 is 47.2 Å². The van der Waals surface area contributed by atoms with E-state index in [-0.39, 0.29) is 18.3 Å². The van der Waals surface area contributed by atoms with Gasteiger partial charge in [0.15, 0.2) is 0 Å². The summed E-state index contributed by atoms with van der Waals surface area (Å²) in [6.45, 7) is 0. The van der Waals surface area contributed by atoms with E-state index < -0.39 is 0 Å². The zero-order chi connectivity index (χ0) is 12.3. The number of carbonyl (C=O) groups is 1. The number of hydrogen-bond acceptors (Lipinski definition) is 2. The van der Waals surface area contributed by atoms with Crippen molar-refractivity contribution in [2.75, 3.05) is 5.32 Å². The van der Waals surface area contributed by atoms with E-state index >= 15 is 0 Å². The van der Waals surface area contributed by atoms with E-state index in [1.807, 2.05) is 0 Å². The molecule has 1 aromatic heterocycles. The average molecular weight is 304 g/mol. The highest BCUT2D eigenvalue weighted by Gasteiger charge is 2.08. The Morgan fingerprint density at radius 1 is 1.11 bits per heavy atom. The molecule has 0 aliphatic heterocycles. The number of aromatic nitrogens is 1. The van der Waals surface area contributed by atoms with Gasteiger partial charge in [-0.25, -0.2) is 0 Å². The maximum absolute atomic E-state index is 11.8. The minimum Gasteiger partial charge on any atom is -0.321 e. The first-order chi connectivity index (χ1) is 8.16. The molecule has 1 heterocycles. The van der Waals surface area contributed by atoms with Crippen LogP contribution in [0.4, 0.5) is 5.69 Å². The largest absolute Gasteiger partial charge is 0.321 e. The molecule has 0 saturated heterocycles. The smallest absolute Gasteiger partial charge is 0.255 e. The van der Waals surface area contributed by atoms with Crippen LogP contribution in [0.5, 0.6) is 0 Å². The molecule has 0 bridgehead atoms. The molecule has 0 saturated carbocycles. The van der Waals surface area contributed by atoms with E-state index in [0.717, 1.165) is 0 Å². The average Bonchev–Trinajstić information content (AvgIpc) is 2.35. The van der Waals surface area contributed by atoms with Gasteiger partial charge in [-0.1, -0.05) is 23.2 Å². The van der Waals surface area contributed by atoms with Crippen LogP contribution in [0.1, 0.15) is 10.4 Å². The molecule has 2 rings (SSSR count). The van der Waals surface area contributed by atoms with Gasteiger partial charge >= 0.3 is 0 Å². The molecule has 0 aliphatic carbocycles. The summed E-state index contributed by atoms with van der Waals surface area (Å²) in [5, 5.41) is 3.64. The Hall–Kier alpha value is -1.29. The second kappa shape index (κ2) is 6.59. The monoisotopic (exact) mass is 302 g/mol. The SMILES string of the molecule is Cl.O=C(Nc1cc(Cl)ccc1Cl)c1ccncc1. The summed E-state index contributed by atoms with van der Waals surface area (Å²) >= 11 is 11.8. The molecule has 0 aliphatic rings. The van der Waals surface area contributed by atoms with Crippen molar-refractivity contribution in [3.8, 4) is 0 Å². The van der Waals surface area contributed by atoms with Gasteiger partial charge in [0.2, 0.25) is 0 Å². The van der Waals surface area contributed by atoms with Crippen LogP contribution in [0.25, 0.3) is 0 Å². The van der Waals surface area contributed by atoms with Gasteiger partial charge in [-0.2, -0.15) is 0 Å². The minimum absolute atomic E-state index is 0. The number of nitrogens with one attached hydrogen (secondary N) is 1. The molecule has 1 aromatic carbocycles. The molecule has 2 aromatic rings. The van der Waals surface area contributed by atoms with Crippen LogP contribution >= 0.6 is 35.6 Å². The molecular weight excluding hydrogens is 295 g/mol. The van der Waals surface area contributed by atoms with E-state index in [2.05, 4.69) is 10.3 Å². The molecule has 0 radical (unpaired) electrons. The fourth-order valence-electron chi connectivity index (χ4n) is 1.29. The van der Waals surface area contributed by atoms with Crippen LogP contribution in [0.15, 0.2) is 42.7 Å². The minimum atomic E-state index is -0.253. The number of anilines is 1. The molecule has 0 unspecified atom stereocenters. The molecule has 6 heteroatoms. The Labute approximate surface area is 121 Å². The van der Waals surface area contributed by atoms with Crippen molar-refractivity contribution in [1.82, 2.24) is 4.98 Å². The Bertz CT molecular complexity index is 546. The van der Waals surface area contributed by atoms with Gasteiger partial charge in [-0.15, -0.1) is 12.4 Å². The van der Waals surface area contributed by atoms with Crippen LogP contribution in [0.2, 0.25) is 10.0 Å². The standard InChI is InChI=1S/C12H8Cl2N2O.ClH/c13-9-1-2-10(14)11(7-9)16-12(17)8-3-5-15-6-4-8;/h1-7H,(H,16,17);1H. The topological polar surface area (TPSA) is 42.0 Å². The van der Waals surface area contributed by atoms with Crippen molar-refractivity contribution in [3.05, 3.63) is 58.3 Å². The fourth-order valence-corrected chi connectivity index (χ4v) is 1.63. The summed E-state index contributed by atoms with van der Waals surface area (Å²) < 4.78 is 0. The second-order valence-electron chi connectivity index (χ2n) is 3.31. The van der Waals surface area contributed by atoms with Crippen molar-refractivity contribution < 1.29 is 4.79 Å². The summed E-state index contributed by atoms with van der Waals surface area (Å²) in [7, 11) is 0. The lowest BCUT2D eigenvalue weighted by molar-refractivity contribution is 0.102. The Morgan fingerprint density at radius 2 is 1.78 bits per heavy atom. The molecule has 1 N–H and O–H groups in total. The van der Waals surface area contributed by atoms with Crippen molar-refractivity contribution in [2.24, 2.45) is 0 Å². The third kappa shape index (κ3) is 3.60. The molecule has 1 amide bonds. The molecular formula is C12H9Cl3N2O. The van der Waals surface area contributed by atoms with Gasteiger partial charge in [-0.05, 0) is 30.3 Å². The summed E-state index contributed by atoms with van der Waals surface area (Å²) in [6, 6.07) is 8.13. The first kappa shape index (κ1) is 14.8. The second-order valence-corrected chi connectivity index (χ2v) is 4.16. The number of nitrogens with zero attached hydrogens (tertiary/aromatic N) is 1. The number of benzene rings is 1. The highest BCUT2D eigenvalue weighted by molar-refractivity contribution is 6.35. The Morgan fingerprint density at radius 3 is 2.44 bits per heavy atom. The van der Waals surface area contributed by atoms with Crippen molar-refractivity contribution in [2.45, 2.75) is 0 Å². The van der Waals surface area contributed by atoms with E-state index in [1.54, 1.807) is 42.7 Å². The summed E-state index contributed by atoms with van der Waals surface area (Å²) in [4.78, 5) is 15.7. The Kier molecular flexibility index (Phi) is 5.41. The van der Waals surface area contributed by atoms with Crippen molar-refractivity contribution in [3.63, 3.8) is 0 Å². The normalized spacial score (nSPS) is 9.44. The lowest BCUT2D eigenvalue weighted by Gasteiger charge is -2.07. The number of rotatable bonds is 2. The quantitative estimate of drug-likeness (QED) is 0.909. The van der Waals surface area contributed by atoms with Crippen molar-refractivity contribution in [1.29, 1.82) is 0 Å². The molecule has 0 fully saturated rings. The zero-order valence-electron chi connectivity index (χ0n) is 9.06. The summed E-state index contributed by atoms with van der Waals surface area (Å²) in [5.41, 5.74) is 0.997. The Balaban J connectivity index is 0.00000162. The number of amides is 1. The lowest BCUT2D eigenvalue weighted by Crippen LogP contribution is -2.12. The molecule has 18 heavy (non-hydrogen) atoms. The van der Waals surface area contributed by atoms with Gasteiger partial charge in [-0.3, -0.25) is 9.78 Å². The molecule has 94 valence electrons. The number of carbonyl (C=O) groups excluding carboxylic acids is 1. The lowest BCUT2D eigenvalue weighted by atomic mass is 10.2. The predicted octanol–water partition coefficient (Wildman–Crippen LogP) is 4.06. The fraction of sp³-hybridized carbons (Fsp3) is 0. The summed E-state index contributed by atoms with van der Waals surface area (Å²) in [6.07, 6.45) is 3.10. The summed E-state index contributed by atoms with van der Waals surface area (Å²) in [5.74, 6) is -0.253. The third-order valence-corrected chi connectivity index (χ3v) is 2.68. The number of hydrogen-bond donors (Lipinski definition) is 1. The van der Waals surface area contributed by atoms with E-state index in [1.165, 1.54) is 0 Å². The van der Waals surface area contributed by atoms with E-state index in [9.17, 15) is 4.79 Å². The van der Waals surface area contributed by atoms with Crippen LogP contribution in [-0.2, 0) is 0 Å². The molecule has 3 nitrogen and oxygen atoms in total. The van der Waals surface area contributed by atoms with Gasteiger partial charge in [0.25, 0.3) is 5.91 Å². The first-order valence-corrected chi connectivity index (χ1v) is 5.59. The van der Waals surface area contributed by atoms with Crippen LogP contribution in [0.3, 0.4) is 0 Å². The zero-order valence-corrected chi connectivity index (χ0v) is 11.4. The predicted molar refractivity (Wildman–Crippen MR) is 75.9 cm³/mol. The maximum Gasteiger partial charge on any atom is 0.255 e. The highest BCUT2D eigenvalue weighted by atomic mass is 35.5. The molecule has 0 atom stereocenters. The van der Waals surface area contributed by atoms with E-state index in [0.29, 0.717) is 21.3 Å². The highest BCUT2D eigenvalue weighted by Crippen LogP contribution is 2.25. The van der Waals surface area contributed by atoms with E-state index in [4.69, 9.17) is 23.2 Å². The maximum atomic E-state index is 11.8. The molecule has 0 spiro atoms.